The van der Waals surface area contributed by atoms with Crippen LogP contribution in [0.4, 0.5) is 11.5 Å². The second-order valence-corrected chi connectivity index (χ2v) is 11.5. The Kier molecular flexibility index (Phi) is 5.50. The van der Waals surface area contributed by atoms with Gasteiger partial charge in [0.15, 0.2) is 9.84 Å². The number of rotatable bonds is 5. The number of thiazole rings is 1. The fourth-order valence-electron chi connectivity index (χ4n) is 3.14. The minimum Gasteiger partial charge on any atom is -0.392 e. The van der Waals surface area contributed by atoms with E-state index in [0.29, 0.717) is 22.3 Å². The van der Waals surface area contributed by atoms with Gasteiger partial charge in [-0.05, 0) is 56.7 Å². The molecule has 0 radical (unpaired) electrons. The lowest BCUT2D eigenvalue weighted by Gasteiger charge is -2.21. The standard InChI is InChI=1S/C22H22N4O3S2/c1-22(2,3)31(28,29)20-11-16-17(9-14(20)5-4-8-27)23-12-24-21(16)26-15-6-7-19-18(10-15)25-13-30-19/h4-7,9-13,27H,8H2,1-3H3,(H,23,24,26)/b5-4+. The molecule has 0 bridgehead atoms. The number of fused-ring (bicyclic) bond motifs is 2. The number of aliphatic hydroxyl groups is 1. The van der Waals surface area contributed by atoms with E-state index in [2.05, 4.69) is 20.3 Å². The SMILES string of the molecule is CC(C)(C)S(=O)(=O)c1cc2c(Nc3ccc4scnc4c3)ncnc2cc1/C=C/CO. The fourth-order valence-corrected chi connectivity index (χ4v) is 5.17. The summed E-state index contributed by atoms with van der Waals surface area (Å²) in [5, 5.41) is 13.0. The summed E-state index contributed by atoms with van der Waals surface area (Å²) in [6, 6.07) is 9.14. The van der Waals surface area contributed by atoms with Crippen LogP contribution in [0, 0.1) is 0 Å². The van der Waals surface area contributed by atoms with E-state index in [9.17, 15) is 13.5 Å². The van der Waals surface area contributed by atoms with Gasteiger partial charge in [0, 0.05) is 11.1 Å². The largest absolute Gasteiger partial charge is 0.392 e. The summed E-state index contributed by atoms with van der Waals surface area (Å²) < 4.78 is 26.7. The first-order valence-corrected chi connectivity index (χ1v) is 12.0. The molecule has 0 atom stereocenters. The van der Waals surface area contributed by atoms with Crippen molar-refractivity contribution in [3.63, 3.8) is 0 Å². The van der Waals surface area contributed by atoms with Crippen molar-refractivity contribution in [1.29, 1.82) is 0 Å². The topological polar surface area (TPSA) is 105 Å². The first-order valence-electron chi connectivity index (χ1n) is 9.62. The van der Waals surface area contributed by atoms with Gasteiger partial charge in [-0.1, -0.05) is 12.2 Å². The summed E-state index contributed by atoms with van der Waals surface area (Å²) >= 11 is 1.56. The number of anilines is 2. The molecule has 2 aromatic heterocycles. The van der Waals surface area contributed by atoms with Crippen LogP contribution in [-0.4, -0.2) is 39.8 Å². The van der Waals surface area contributed by atoms with Crippen LogP contribution in [0.2, 0.25) is 0 Å². The Bertz CT molecular complexity index is 1400. The van der Waals surface area contributed by atoms with Crippen molar-refractivity contribution in [2.45, 2.75) is 30.4 Å². The van der Waals surface area contributed by atoms with Crippen molar-refractivity contribution >= 4 is 59.9 Å². The number of nitrogens with zero attached hydrogens (tertiary/aromatic N) is 3. The summed E-state index contributed by atoms with van der Waals surface area (Å²) in [7, 11) is -3.66. The van der Waals surface area contributed by atoms with E-state index in [4.69, 9.17) is 0 Å². The Morgan fingerprint density at radius 3 is 2.65 bits per heavy atom. The molecule has 0 aliphatic rings. The lowest BCUT2D eigenvalue weighted by atomic mass is 10.1. The molecular formula is C22H22N4O3S2. The lowest BCUT2D eigenvalue weighted by Crippen LogP contribution is -2.28. The number of aliphatic hydroxyl groups excluding tert-OH is 1. The first-order chi connectivity index (χ1) is 14.7. The van der Waals surface area contributed by atoms with Crippen LogP contribution in [-0.2, 0) is 9.84 Å². The Labute approximate surface area is 184 Å². The molecule has 4 rings (SSSR count). The zero-order valence-electron chi connectivity index (χ0n) is 17.3. The molecule has 0 aliphatic heterocycles. The second kappa shape index (κ2) is 7.99. The first kappa shape index (κ1) is 21.4. The van der Waals surface area contributed by atoms with E-state index in [1.165, 1.54) is 12.4 Å². The van der Waals surface area contributed by atoms with Crippen molar-refractivity contribution in [2.75, 3.05) is 11.9 Å². The summed E-state index contributed by atoms with van der Waals surface area (Å²) in [4.78, 5) is 13.2. The van der Waals surface area contributed by atoms with E-state index >= 15 is 0 Å². The van der Waals surface area contributed by atoms with Gasteiger partial charge in [0.1, 0.15) is 12.1 Å². The Morgan fingerprint density at radius 1 is 1.10 bits per heavy atom. The van der Waals surface area contributed by atoms with E-state index in [1.807, 2.05) is 18.2 Å². The van der Waals surface area contributed by atoms with Crippen molar-refractivity contribution in [2.24, 2.45) is 0 Å². The highest BCUT2D eigenvalue weighted by atomic mass is 32.2. The molecule has 0 saturated heterocycles. The molecule has 4 aromatic rings. The zero-order valence-corrected chi connectivity index (χ0v) is 19.0. The van der Waals surface area contributed by atoms with Gasteiger partial charge >= 0.3 is 0 Å². The second-order valence-electron chi connectivity index (χ2n) is 7.99. The van der Waals surface area contributed by atoms with Gasteiger partial charge < -0.3 is 10.4 Å². The van der Waals surface area contributed by atoms with E-state index < -0.39 is 14.6 Å². The van der Waals surface area contributed by atoms with E-state index in [-0.39, 0.29) is 11.5 Å². The van der Waals surface area contributed by atoms with Gasteiger partial charge in [-0.3, -0.25) is 0 Å². The Hall–Kier alpha value is -2.88. The zero-order chi connectivity index (χ0) is 22.2. The van der Waals surface area contributed by atoms with Crippen LogP contribution >= 0.6 is 11.3 Å². The molecule has 2 N–H and O–H groups in total. The normalized spacial score (nSPS) is 12.8. The van der Waals surface area contributed by atoms with Crippen LogP contribution in [0.15, 0.2) is 53.1 Å². The van der Waals surface area contributed by atoms with Crippen molar-refractivity contribution in [1.82, 2.24) is 15.0 Å². The van der Waals surface area contributed by atoms with Crippen molar-refractivity contribution in [3.8, 4) is 0 Å². The fraction of sp³-hybridized carbons (Fsp3) is 0.227. The summed E-state index contributed by atoms with van der Waals surface area (Å²) in [5.41, 5.74) is 4.53. The van der Waals surface area contributed by atoms with Crippen LogP contribution in [0.1, 0.15) is 26.3 Å². The highest BCUT2D eigenvalue weighted by molar-refractivity contribution is 7.92. The number of aromatic nitrogens is 3. The van der Waals surface area contributed by atoms with E-state index in [0.717, 1.165) is 15.9 Å². The average Bonchev–Trinajstić information content (AvgIpc) is 3.19. The highest BCUT2D eigenvalue weighted by Crippen LogP contribution is 2.34. The number of benzene rings is 2. The molecule has 7 nitrogen and oxygen atoms in total. The predicted octanol–water partition coefficient (Wildman–Crippen LogP) is 4.56. The third-order valence-electron chi connectivity index (χ3n) is 4.86. The Balaban J connectivity index is 1.89. The molecule has 160 valence electrons. The van der Waals surface area contributed by atoms with Crippen molar-refractivity contribution in [3.05, 3.63) is 53.8 Å². The number of nitrogens with one attached hydrogen (secondary N) is 1. The van der Waals surface area contributed by atoms with Crippen LogP contribution in [0.25, 0.3) is 27.2 Å². The smallest absolute Gasteiger partial charge is 0.183 e. The van der Waals surface area contributed by atoms with Gasteiger partial charge in [-0.25, -0.2) is 23.4 Å². The van der Waals surface area contributed by atoms with Gasteiger partial charge in [-0.2, -0.15) is 0 Å². The Morgan fingerprint density at radius 2 is 1.90 bits per heavy atom. The molecule has 0 aliphatic carbocycles. The van der Waals surface area contributed by atoms with Gasteiger partial charge in [0.05, 0.1) is 37.5 Å². The van der Waals surface area contributed by atoms with Gasteiger partial charge in [0.25, 0.3) is 0 Å². The number of hydrogen-bond acceptors (Lipinski definition) is 8. The maximum Gasteiger partial charge on any atom is 0.183 e. The third kappa shape index (κ3) is 4.04. The molecule has 0 unspecified atom stereocenters. The van der Waals surface area contributed by atoms with Crippen molar-refractivity contribution < 1.29 is 13.5 Å². The monoisotopic (exact) mass is 454 g/mol. The maximum absolute atomic E-state index is 13.3. The summed E-state index contributed by atoms with van der Waals surface area (Å²) in [6.07, 6.45) is 4.54. The molecule has 2 aromatic carbocycles. The van der Waals surface area contributed by atoms with Crippen LogP contribution in [0.3, 0.4) is 0 Å². The summed E-state index contributed by atoms with van der Waals surface area (Å²) in [6.45, 7) is 4.80. The van der Waals surface area contributed by atoms with E-state index in [1.54, 1.807) is 55.8 Å². The van der Waals surface area contributed by atoms with Crippen LogP contribution < -0.4 is 5.32 Å². The predicted molar refractivity (Wildman–Crippen MR) is 125 cm³/mol. The molecule has 0 fully saturated rings. The summed E-state index contributed by atoms with van der Waals surface area (Å²) in [5.74, 6) is 0.502. The molecule has 2 heterocycles. The maximum atomic E-state index is 13.3. The van der Waals surface area contributed by atoms with Gasteiger partial charge in [-0.15, -0.1) is 11.3 Å². The molecule has 0 saturated carbocycles. The average molecular weight is 455 g/mol. The number of hydrogen-bond donors (Lipinski definition) is 2. The molecule has 31 heavy (non-hydrogen) atoms. The minimum absolute atomic E-state index is 0.171. The third-order valence-corrected chi connectivity index (χ3v) is 8.21. The highest BCUT2D eigenvalue weighted by Gasteiger charge is 2.33. The van der Waals surface area contributed by atoms with Gasteiger partial charge in [0.2, 0.25) is 0 Å². The quantitative estimate of drug-likeness (QED) is 0.455. The lowest BCUT2D eigenvalue weighted by molar-refractivity contribution is 0.343. The minimum atomic E-state index is -3.66. The molecule has 0 spiro atoms. The number of sulfone groups is 1. The molecule has 9 heteroatoms. The van der Waals surface area contributed by atoms with Crippen LogP contribution in [0.5, 0.6) is 0 Å². The molecular weight excluding hydrogens is 432 g/mol. The molecule has 0 amide bonds.